The van der Waals surface area contributed by atoms with E-state index >= 15 is 0 Å². The summed E-state index contributed by atoms with van der Waals surface area (Å²) in [5, 5.41) is 2.97. The molecular formula is C15H21Cl2FN2O. The van der Waals surface area contributed by atoms with Crippen molar-refractivity contribution in [2.24, 2.45) is 11.7 Å². The maximum Gasteiger partial charge on any atom is 0.256 e. The Labute approximate surface area is 135 Å². The lowest BCUT2D eigenvalue weighted by Gasteiger charge is -2.30. The number of nitrogens with one attached hydrogen (secondary N) is 1. The summed E-state index contributed by atoms with van der Waals surface area (Å²) in [6, 6.07) is 4.12. The third kappa shape index (κ3) is 4.56. The number of rotatable bonds is 4. The summed E-state index contributed by atoms with van der Waals surface area (Å²) in [7, 11) is 0. The highest BCUT2D eigenvalue weighted by Gasteiger charge is 2.26. The van der Waals surface area contributed by atoms with Crippen LogP contribution in [-0.2, 0) is 0 Å². The van der Waals surface area contributed by atoms with Crippen molar-refractivity contribution in [2.45, 2.75) is 38.1 Å². The van der Waals surface area contributed by atoms with Gasteiger partial charge in [-0.1, -0.05) is 36.9 Å². The van der Waals surface area contributed by atoms with E-state index in [0.29, 0.717) is 12.5 Å². The van der Waals surface area contributed by atoms with Gasteiger partial charge >= 0.3 is 0 Å². The highest BCUT2D eigenvalue weighted by molar-refractivity contribution is 6.33. The van der Waals surface area contributed by atoms with E-state index in [2.05, 4.69) is 5.32 Å². The molecule has 118 valence electrons. The number of carbonyl (C=O) groups is 1. The first-order valence-electron chi connectivity index (χ1n) is 7.08. The zero-order valence-corrected chi connectivity index (χ0v) is 13.4. The summed E-state index contributed by atoms with van der Waals surface area (Å²) in [6.07, 6.45) is 5.69. The van der Waals surface area contributed by atoms with Crippen LogP contribution in [0.15, 0.2) is 18.2 Å². The van der Waals surface area contributed by atoms with Crippen molar-refractivity contribution in [1.29, 1.82) is 0 Å². The van der Waals surface area contributed by atoms with Gasteiger partial charge in [0.05, 0.1) is 10.6 Å². The van der Waals surface area contributed by atoms with Crippen molar-refractivity contribution in [3.8, 4) is 0 Å². The lowest BCUT2D eigenvalue weighted by Crippen LogP contribution is -2.46. The summed E-state index contributed by atoms with van der Waals surface area (Å²) in [5.41, 5.74) is 5.67. The molecule has 1 aliphatic rings. The minimum absolute atomic E-state index is 0. The Balaban J connectivity index is 0.00000220. The number of carbonyl (C=O) groups excluding carboxylic acids is 1. The molecule has 3 N–H and O–H groups in total. The zero-order valence-electron chi connectivity index (χ0n) is 11.8. The molecule has 1 unspecified atom stereocenters. The maximum absolute atomic E-state index is 13.7. The SMILES string of the molecule is Cl.NCC(NC(=O)c1c(F)cccc1Cl)C1CCCCC1. The van der Waals surface area contributed by atoms with E-state index in [1.54, 1.807) is 0 Å². The third-order valence-electron chi connectivity index (χ3n) is 3.98. The van der Waals surface area contributed by atoms with Crippen LogP contribution in [0.5, 0.6) is 0 Å². The summed E-state index contributed by atoms with van der Waals surface area (Å²) < 4.78 is 13.7. The van der Waals surface area contributed by atoms with Crippen molar-refractivity contribution in [1.82, 2.24) is 5.32 Å². The van der Waals surface area contributed by atoms with Crippen molar-refractivity contribution < 1.29 is 9.18 Å². The predicted molar refractivity (Wildman–Crippen MR) is 85.5 cm³/mol. The molecule has 1 aliphatic carbocycles. The Kier molecular flexibility index (Phi) is 7.43. The monoisotopic (exact) mass is 334 g/mol. The molecule has 0 radical (unpaired) electrons. The van der Waals surface area contributed by atoms with Crippen LogP contribution < -0.4 is 11.1 Å². The molecule has 1 aromatic carbocycles. The molecular weight excluding hydrogens is 314 g/mol. The Hall–Kier alpha value is -0.840. The van der Waals surface area contributed by atoms with Crippen molar-refractivity contribution in [3.05, 3.63) is 34.6 Å². The molecule has 1 fully saturated rings. The summed E-state index contributed by atoms with van der Waals surface area (Å²) in [6.45, 7) is 0.364. The van der Waals surface area contributed by atoms with Gasteiger partial charge in [-0.3, -0.25) is 4.79 Å². The molecule has 0 bridgehead atoms. The standard InChI is InChI=1S/C15H20ClFN2O.ClH/c16-11-7-4-8-12(17)14(11)15(20)19-13(9-18)10-5-2-1-3-6-10;/h4,7-8,10,13H,1-3,5-6,9,18H2,(H,19,20);1H. The summed E-state index contributed by atoms with van der Waals surface area (Å²) in [5.74, 6) is -0.702. The Morgan fingerprint density at radius 2 is 2.05 bits per heavy atom. The average Bonchev–Trinajstić information content (AvgIpc) is 2.45. The van der Waals surface area contributed by atoms with Gasteiger partial charge in [0.2, 0.25) is 0 Å². The first kappa shape index (κ1) is 18.2. The highest BCUT2D eigenvalue weighted by atomic mass is 35.5. The predicted octanol–water partition coefficient (Wildman–Crippen LogP) is 3.54. The van der Waals surface area contributed by atoms with Crippen LogP contribution in [0, 0.1) is 11.7 Å². The second kappa shape index (κ2) is 8.57. The Bertz CT molecular complexity index is 458. The molecule has 1 amide bonds. The molecule has 2 rings (SSSR count). The van der Waals surface area contributed by atoms with Crippen LogP contribution >= 0.6 is 24.0 Å². The van der Waals surface area contributed by atoms with Crippen molar-refractivity contribution in [2.75, 3.05) is 6.54 Å². The van der Waals surface area contributed by atoms with Gasteiger partial charge in [-0.05, 0) is 30.9 Å². The Morgan fingerprint density at radius 3 is 2.62 bits per heavy atom. The fraction of sp³-hybridized carbons (Fsp3) is 0.533. The van der Waals surface area contributed by atoms with Crippen LogP contribution in [0.3, 0.4) is 0 Å². The van der Waals surface area contributed by atoms with E-state index < -0.39 is 11.7 Å². The number of hydrogen-bond donors (Lipinski definition) is 2. The third-order valence-corrected chi connectivity index (χ3v) is 4.29. The molecule has 1 atom stereocenters. The van der Waals surface area contributed by atoms with E-state index in [1.807, 2.05) is 0 Å². The van der Waals surface area contributed by atoms with Gasteiger partial charge in [0.1, 0.15) is 5.82 Å². The molecule has 1 saturated carbocycles. The van der Waals surface area contributed by atoms with Gasteiger partial charge in [-0.25, -0.2) is 4.39 Å². The number of hydrogen-bond acceptors (Lipinski definition) is 2. The Morgan fingerprint density at radius 1 is 1.38 bits per heavy atom. The topological polar surface area (TPSA) is 55.1 Å². The number of benzene rings is 1. The smallest absolute Gasteiger partial charge is 0.256 e. The molecule has 0 aliphatic heterocycles. The molecule has 1 aromatic rings. The largest absolute Gasteiger partial charge is 0.348 e. The second-order valence-corrected chi connectivity index (χ2v) is 5.72. The van der Waals surface area contributed by atoms with Crippen LogP contribution in [0.2, 0.25) is 5.02 Å². The van der Waals surface area contributed by atoms with E-state index in [0.717, 1.165) is 25.7 Å². The molecule has 0 heterocycles. The summed E-state index contributed by atoms with van der Waals surface area (Å²) in [4.78, 5) is 12.2. The van der Waals surface area contributed by atoms with Gasteiger partial charge in [0, 0.05) is 12.6 Å². The number of halogens is 3. The molecule has 21 heavy (non-hydrogen) atoms. The zero-order chi connectivity index (χ0) is 14.5. The molecule has 6 heteroatoms. The van der Waals surface area contributed by atoms with Gasteiger partial charge < -0.3 is 11.1 Å². The van der Waals surface area contributed by atoms with Crippen LogP contribution in [0.1, 0.15) is 42.5 Å². The van der Waals surface area contributed by atoms with Gasteiger partial charge in [-0.2, -0.15) is 0 Å². The molecule has 0 saturated heterocycles. The second-order valence-electron chi connectivity index (χ2n) is 5.31. The highest BCUT2D eigenvalue weighted by Crippen LogP contribution is 2.27. The first-order chi connectivity index (χ1) is 9.63. The number of nitrogens with two attached hydrogens (primary N) is 1. The normalized spacial score (nSPS) is 16.9. The lowest BCUT2D eigenvalue weighted by atomic mass is 9.84. The van der Waals surface area contributed by atoms with Crippen LogP contribution in [0.4, 0.5) is 4.39 Å². The lowest BCUT2D eigenvalue weighted by molar-refractivity contribution is 0.0911. The maximum atomic E-state index is 13.7. The van der Waals surface area contributed by atoms with Crippen LogP contribution in [0.25, 0.3) is 0 Å². The fourth-order valence-corrected chi connectivity index (χ4v) is 3.11. The minimum Gasteiger partial charge on any atom is -0.348 e. The van der Waals surface area contributed by atoms with Gasteiger partial charge in [0.25, 0.3) is 5.91 Å². The van der Waals surface area contributed by atoms with E-state index in [1.165, 1.54) is 24.6 Å². The summed E-state index contributed by atoms with van der Waals surface area (Å²) >= 11 is 5.90. The van der Waals surface area contributed by atoms with Crippen molar-refractivity contribution in [3.63, 3.8) is 0 Å². The molecule has 0 spiro atoms. The number of amides is 1. The van der Waals surface area contributed by atoms with Gasteiger partial charge in [-0.15, -0.1) is 12.4 Å². The first-order valence-corrected chi connectivity index (χ1v) is 7.46. The molecule has 0 aromatic heterocycles. The van der Waals surface area contributed by atoms with Gasteiger partial charge in [0.15, 0.2) is 0 Å². The van der Waals surface area contributed by atoms with E-state index in [9.17, 15) is 9.18 Å². The van der Waals surface area contributed by atoms with E-state index in [-0.39, 0.29) is 29.0 Å². The van der Waals surface area contributed by atoms with Crippen LogP contribution in [-0.4, -0.2) is 18.5 Å². The van der Waals surface area contributed by atoms with Crippen molar-refractivity contribution >= 4 is 29.9 Å². The quantitative estimate of drug-likeness (QED) is 0.884. The fourth-order valence-electron chi connectivity index (χ4n) is 2.86. The minimum atomic E-state index is -0.602. The molecule has 3 nitrogen and oxygen atoms in total. The van der Waals surface area contributed by atoms with E-state index in [4.69, 9.17) is 17.3 Å². The average molecular weight is 335 g/mol.